The van der Waals surface area contributed by atoms with Crippen LogP contribution in [0.15, 0.2) is 29.2 Å². The molecule has 2 fully saturated rings. The molecule has 2 aliphatic heterocycles. The Bertz CT molecular complexity index is 742. The van der Waals surface area contributed by atoms with Gasteiger partial charge in [0.1, 0.15) is 0 Å². The summed E-state index contributed by atoms with van der Waals surface area (Å²) in [5, 5.41) is 6.13. The van der Waals surface area contributed by atoms with E-state index in [1.807, 2.05) is 7.05 Å². The molecule has 2 N–H and O–H groups in total. The van der Waals surface area contributed by atoms with E-state index in [1.165, 1.54) is 0 Å². The van der Waals surface area contributed by atoms with Crippen molar-refractivity contribution in [3.05, 3.63) is 24.3 Å². The zero-order valence-corrected chi connectivity index (χ0v) is 18.5. The zero-order valence-electron chi connectivity index (χ0n) is 16.1. The number of likely N-dealkylation sites (N-methyl/N-ethyl adjacent to an activating group) is 1. The Hall–Kier alpha value is -0.900. The Balaban J connectivity index is 0.00000196. The number of halogens is 2. The summed E-state index contributed by atoms with van der Waals surface area (Å²) in [4.78, 5) is 14.8. The van der Waals surface area contributed by atoms with E-state index in [9.17, 15) is 13.2 Å². The Morgan fingerprint density at radius 3 is 2.54 bits per heavy atom. The van der Waals surface area contributed by atoms with Gasteiger partial charge in [0.15, 0.2) is 0 Å². The van der Waals surface area contributed by atoms with Crippen LogP contribution in [0.25, 0.3) is 0 Å². The lowest BCUT2D eigenvalue weighted by Gasteiger charge is -2.22. The lowest BCUT2D eigenvalue weighted by Crippen LogP contribution is -2.35. The van der Waals surface area contributed by atoms with Crippen LogP contribution in [0.2, 0.25) is 0 Å². The van der Waals surface area contributed by atoms with Gasteiger partial charge in [0, 0.05) is 31.2 Å². The average molecular weight is 453 g/mol. The number of piperidine rings is 1. The fourth-order valence-corrected chi connectivity index (χ4v) is 4.99. The maximum Gasteiger partial charge on any atom is 0.243 e. The highest BCUT2D eigenvalue weighted by Gasteiger charge is 2.27. The van der Waals surface area contributed by atoms with E-state index >= 15 is 0 Å². The largest absolute Gasteiger partial charge is 0.326 e. The molecule has 2 saturated heterocycles. The SMILES string of the molecule is CN1CCCN(S(=O)(=O)c2cccc(NC(=O)C3CCNCC3)c2)CC1.Cl.Cl. The number of hydrogen-bond donors (Lipinski definition) is 2. The fraction of sp³-hybridized carbons (Fsp3) is 0.611. The molecule has 1 aromatic rings. The summed E-state index contributed by atoms with van der Waals surface area (Å²) in [5.41, 5.74) is 0.543. The summed E-state index contributed by atoms with van der Waals surface area (Å²) >= 11 is 0. The van der Waals surface area contributed by atoms with Crippen molar-refractivity contribution < 1.29 is 13.2 Å². The smallest absolute Gasteiger partial charge is 0.243 e. The van der Waals surface area contributed by atoms with Crippen molar-refractivity contribution in [2.75, 3.05) is 51.6 Å². The van der Waals surface area contributed by atoms with Crippen molar-refractivity contribution in [3.8, 4) is 0 Å². The number of rotatable bonds is 4. The lowest BCUT2D eigenvalue weighted by molar-refractivity contribution is -0.120. The number of nitrogens with one attached hydrogen (secondary N) is 2. The molecule has 0 aromatic heterocycles. The predicted octanol–water partition coefficient (Wildman–Crippen LogP) is 1.79. The minimum Gasteiger partial charge on any atom is -0.326 e. The fourth-order valence-electron chi connectivity index (χ4n) is 3.48. The molecule has 7 nitrogen and oxygen atoms in total. The molecule has 0 atom stereocenters. The molecule has 160 valence electrons. The molecule has 1 aromatic carbocycles. The van der Waals surface area contributed by atoms with Gasteiger partial charge in [-0.2, -0.15) is 4.31 Å². The van der Waals surface area contributed by atoms with Gasteiger partial charge in [-0.25, -0.2) is 8.42 Å². The van der Waals surface area contributed by atoms with Crippen LogP contribution in [0.5, 0.6) is 0 Å². The van der Waals surface area contributed by atoms with Gasteiger partial charge in [-0.15, -0.1) is 24.8 Å². The van der Waals surface area contributed by atoms with Crippen LogP contribution >= 0.6 is 24.8 Å². The maximum atomic E-state index is 13.0. The van der Waals surface area contributed by atoms with Crippen LogP contribution in [-0.2, 0) is 14.8 Å². The van der Waals surface area contributed by atoms with Gasteiger partial charge in [0.25, 0.3) is 0 Å². The van der Waals surface area contributed by atoms with Crippen LogP contribution < -0.4 is 10.6 Å². The van der Waals surface area contributed by atoms with Crippen LogP contribution in [0.3, 0.4) is 0 Å². The second kappa shape index (κ2) is 11.3. The van der Waals surface area contributed by atoms with Gasteiger partial charge >= 0.3 is 0 Å². The summed E-state index contributed by atoms with van der Waals surface area (Å²) in [6.07, 6.45) is 2.44. The van der Waals surface area contributed by atoms with Crippen molar-refractivity contribution >= 4 is 46.4 Å². The second-order valence-corrected chi connectivity index (χ2v) is 9.04. The highest BCUT2D eigenvalue weighted by atomic mass is 35.5. The summed E-state index contributed by atoms with van der Waals surface area (Å²) in [6.45, 7) is 4.33. The van der Waals surface area contributed by atoms with Crippen molar-refractivity contribution in [1.82, 2.24) is 14.5 Å². The Labute approximate surface area is 180 Å². The van der Waals surface area contributed by atoms with E-state index in [2.05, 4.69) is 15.5 Å². The van der Waals surface area contributed by atoms with Gasteiger partial charge in [0.05, 0.1) is 4.90 Å². The summed E-state index contributed by atoms with van der Waals surface area (Å²) in [5.74, 6) is -0.0462. The number of nitrogens with zero attached hydrogens (tertiary/aromatic N) is 2. The molecular formula is C18H30Cl2N4O3S. The first-order valence-electron chi connectivity index (χ1n) is 9.27. The van der Waals surface area contributed by atoms with Crippen LogP contribution in [0.1, 0.15) is 19.3 Å². The molecule has 1 amide bonds. The normalized spacial score (nSPS) is 19.8. The van der Waals surface area contributed by atoms with Gasteiger partial charge in [-0.1, -0.05) is 6.07 Å². The molecule has 0 bridgehead atoms. The first kappa shape index (κ1) is 25.1. The Morgan fingerprint density at radius 2 is 1.82 bits per heavy atom. The van der Waals surface area contributed by atoms with Crippen LogP contribution in [0.4, 0.5) is 5.69 Å². The maximum absolute atomic E-state index is 13.0. The van der Waals surface area contributed by atoms with E-state index in [0.29, 0.717) is 18.8 Å². The van der Waals surface area contributed by atoms with E-state index in [0.717, 1.165) is 45.4 Å². The molecule has 0 unspecified atom stereocenters. The molecule has 10 heteroatoms. The van der Waals surface area contributed by atoms with E-state index in [4.69, 9.17) is 0 Å². The average Bonchev–Trinajstić information content (AvgIpc) is 2.87. The van der Waals surface area contributed by atoms with Crippen molar-refractivity contribution in [2.45, 2.75) is 24.2 Å². The van der Waals surface area contributed by atoms with Crippen molar-refractivity contribution in [2.24, 2.45) is 5.92 Å². The topological polar surface area (TPSA) is 81.8 Å². The predicted molar refractivity (Wildman–Crippen MR) is 116 cm³/mol. The highest BCUT2D eigenvalue weighted by Crippen LogP contribution is 2.22. The second-order valence-electron chi connectivity index (χ2n) is 7.10. The highest BCUT2D eigenvalue weighted by molar-refractivity contribution is 7.89. The minimum absolute atomic E-state index is 0. The summed E-state index contributed by atoms with van der Waals surface area (Å²) in [6, 6.07) is 6.61. The molecule has 2 heterocycles. The molecule has 0 radical (unpaired) electrons. The molecule has 0 saturated carbocycles. The van der Waals surface area contributed by atoms with Crippen LogP contribution in [0, 0.1) is 5.92 Å². The van der Waals surface area contributed by atoms with Gasteiger partial charge in [0.2, 0.25) is 15.9 Å². The van der Waals surface area contributed by atoms with Gasteiger partial charge in [-0.3, -0.25) is 4.79 Å². The zero-order chi connectivity index (χ0) is 18.6. The monoisotopic (exact) mass is 452 g/mol. The van der Waals surface area contributed by atoms with Crippen molar-refractivity contribution in [1.29, 1.82) is 0 Å². The number of benzene rings is 1. The Kier molecular flexibility index (Phi) is 10.2. The van der Waals surface area contributed by atoms with E-state index in [1.54, 1.807) is 28.6 Å². The third-order valence-corrected chi connectivity index (χ3v) is 7.02. The third kappa shape index (κ3) is 6.30. The Morgan fingerprint density at radius 1 is 1.11 bits per heavy atom. The van der Waals surface area contributed by atoms with Gasteiger partial charge < -0.3 is 15.5 Å². The molecular weight excluding hydrogens is 423 g/mol. The molecule has 0 spiro atoms. The minimum atomic E-state index is -3.55. The number of anilines is 1. The summed E-state index contributed by atoms with van der Waals surface area (Å²) in [7, 11) is -1.54. The standard InChI is InChI=1S/C18H28N4O3S.2ClH/c1-21-10-3-11-22(13-12-21)26(24,25)17-5-2-4-16(14-17)20-18(23)15-6-8-19-9-7-15;;/h2,4-5,14-15,19H,3,6-13H2,1H3,(H,20,23);2*1H. The molecule has 28 heavy (non-hydrogen) atoms. The molecule has 3 rings (SSSR count). The number of carbonyl (C=O) groups excluding carboxylic acids is 1. The number of sulfonamides is 1. The first-order chi connectivity index (χ1) is 12.5. The van der Waals surface area contributed by atoms with E-state index in [-0.39, 0.29) is 41.5 Å². The lowest BCUT2D eigenvalue weighted by atomic mass is 9.97. The summed E-state index contributed by atoms with van der Waals surface area (Å²) < 4.78 is 27.5. The quantitative estimate of drug-likeness (QED) is 0.727. The number of carbonyl (C=O) groups is 1. The van der Waals surface area contributed by atoms with E-state index < -0.39 is 10.0 Å². The first-order valence-corrected chi connectivity index (χ1v) is 10.7. The number of hydrogen-bond acceptors (Lipinski definition) is 5. The third-order valence-electron chi connectivity index (χ3n) is 5.13. The molecule has 2 aliphatic rings. The van der Waals surface area contributed by atoms with Crippen LogP contribution in [-0.4, -0.2) is 69.8 Å². The number of amides is 1. The van der Waals surface area contributed by atoms with Gasteiger partial charge in [-0.05, 0) is 64.1 Å². The van der Waals surface area contributed by atoms with Crippen molar-refractivity contribution in [3.63, 3.8) is 0 Å². The molecule has 0 aliphatic carbocycles.